The van der Waals surface area contributed by atoms with Crippen LogP contribution in [0, 0.1) is 5.82 Å². The highest BCUT2D eigenvalue weighted by molar-refractivity contribution is 5.97. The molecule has 3 aromatic rings. The molecule has 0 bridgehead atoms. The third-order valence-electron chi connectivity index (χ3n) is 5.43. The zero-order valence-corrected chi connectivity index (χ0v) is 17.3. The lowest BCUT2D eigenvalue weighted by molar-refractivity contribution is -0.260. The molecule has 0 aliphatic carbocycles. The Morgan fingerprint density at radius 2 is 1.81 bits per heavy atom. The van der Waals surface area contributed by atoms with Gasteiger partial charge in [-0.05, 0) is 48.2 Å². The first-order chi connectivity index (χ1) is 14.7. The largest absolute Gasteiger partial charge is 0.508 e. The highest BCUT2D eigenvalue weighted by Gasteiger charge is 2.56. The van der Waals surface area contributed by atoms with Crippen molar-refractivity contribution in [3.8, 4) is 5.75 Å². The number of nitrogens with two attached hydrogens (primary N) is 1. The molecule has 10 heteroatoms. The van der Waals surface area contributed by atoms with E-state index >= 15 is 0 Å². The summed E-state index contributed by atoms with van der Waals surface area (Å²) in [5, 5.41) is 23.8. The van der Waals surface area contributed by atoms with Gasteiger partial charge in [-0.2, -0.15) is 13.2 Å². The van der Waals surface area contributed by atoms with Crippen molar-refractivity contribution < 1.29 is 32.6 Å². The second kappa shape index (κ2) is 8.01. The van der Waals surface area contributed by atoms with Gasteiger partial charge in [-0.25, -0.2) is 4.39 Å². The maximum Gasteiger partial charge on any atom is 0.418 e. The third-order valence-corrected chi connectivity index (χ3v) is 5.43. The van der Waals surface area contributed by atoms with Crippen LogP contribution in [0.15, 0.2) is 42.5 Å². The monoisotopic (exact) mass is 453 g/mol. The van der Waals surface area contributed by atoms with E-state index in [1.807, 2.05) is 0 Å². The van der Waals surface area contributed by atoms with E-state index in [0.717, 1.165) is 18.2 Å². The Bertz CT molecular complexity index is 1160. The fourth-order valence-corrected chi connectivity index (χ4v) is 3.76. The number of hydrogen-bond acceptors (Lipinski definition) is 4. The number of anilines is 1. The van der Waals surface area contributed by atoms with Gasteiger partial charge >= 0.3 is 6.18 Å². The molecule has 3 rings (SSSR count). The second-order valence-corrected chi connectivity index (χ2v) is 8.45. The van der Waals surface area contributed by atoms with Gasteiger partial charge in [0.15, 0.2) is 5.60 Å². The van der Waals surface area contributed by atoms with Gasteiger partial charge < -0.3 is 26.2 Å². The summed E-state index contributed by atoms with van der Waals surface area (Å²) < 4.78 is 55.3. The van der Waals surface area contributed by atoms with Crippen molar-refractivity contribution >= 4 is 22.6 Å². The SMILES string of the molecule is CC(C)(CC(O)(CNc1cc2ccc(C(N)=O)cc2[nH]1)C(F)(F)F)c1cc(F)ccc1O. The minimum absolute atomic E-state index is 0.0511. The molecule has 1 unspecified atom stereocenters. The summed E-state index contributed by atoms with van der Waals surface area (Å²) in [6.07, 6.45) is -5.87. The van der Waals surface area contributed by atoms with E-state index in [9.17, 15) is 32.6 Å². The number of H-pyrrole nitrogens is 1. The summed E-state index contributed by atoms with van der Waals surface area (Å²) >= 11 is 0. The van der Waals surface area contributed by atoms with Gasteiger partial charge in [-0.3, -0.25) is 4.79 Å². The number of amides is 1. The topological polar surface area (TPSA) is 111 Å². The number of alkyl halides is 3. The number of nitrogens with one attached hydrogen (secondary N) is 2. The molecular weight excluding hydrogens is 430 g/mol. The molecule has 0 spiro atoms. The fourth-order valence-electron chi connectivity index (χ4n) is 3.76. The summed E-state index contributed by atoms with van der Waals surface area (Å²) in [5.41, 5.74) is 1.26. The van der Waals surface area contributed by atoms with Crippen molar-refractivity contribution in [2.45, 2.75) is 37.5 Å². The smallest absolute Gasteiger partial charge is 0.418 e. The predicted octanol–water partition coefficient (Wildman–Crippen LogP) is 4.18. The maximum atomic E-state index is 13.9. The Morgan fingerprint density at radius 1 is 1.12 bits per heavy atom. The number of hydrogen-bond donors (Lipinski definition) is 5. The van der Waals surface area contributed by atoms with Gasteiger partial charge in [0.25, 0.3) is 0 Å². The van der Waals surface area contributed by atoms with Crippen molar-refractivity contribution in [3.63, 3.8) is 0 Å². The summed E-state index contributed by atoms with van der Waals surface area (Å²) in [6.45, 7) is 1.85. The number of carbonyl (C=O) groups is 1. The van der Waals surface area contributed by atoms with Crippen LogP contribution in [0.5, 0.6) is 5.75 Å². The molecule has 2 aromatic carbocycles. The van der Waals surface area contributed by atoms with Gasteiger partial charge in [0, 0.05) is 22.0 Å². The van der Waals surface area contributed by atoms with E-state index in [4.69, 9.17) is 5.73 Å². The number of aromatic nitrogens is 1. The number of phenolic OH excluding ortho intramolecular Hbond substituents is 1. The number of aromatic hydroxyl groups is 1. The molecule has 1 aromatic heterocycles. The Balaban J connectivity index is 1.87. The van der Waals surface area contributed by atoms with Crippen LogP contribution in [0.1, 0.15) is 36.2 Å². The Labute approximate surface area is 181 Å². The number of aliphatic hydroxyl groups is 1. The van der Waals surface area contributed by atoms with E-state index in [2.05, 4.69) is 10.3 Å². The molecular formula is C22H23F4N3O3. The highest BCUT2D eigenvalue weighted by atomic mass is 19.4. The van der Waals surface area contributed by atoms with E-state index in [-0.39, 0.29) is 22.7 Å². The zero-order chi connectivity index (χ0) is 23.9. The number of phenols is 1. The van der Waals surface area contributed by atoms with Crippen LogP contribution in [0.3, 0.4) is 0 Å². The highest BCUT2D eigenvalue weighted by Crippen LogP contribution is 2.43. The van der Waals surface area contributed by atoms with Gasteiger partial charge in [-0.15, -0.1) is 0 Å². The molecule has 0 aliphatic heterocycles. The summed E-state index contributed by atoms with van der Waals surface area (Å²) in [7, 11) is 0. The molecule has 1 atom stereocenters. The average molecular weight is 453 g/mol. The molecule has 0 saturated carbocycles. The fraction of sp³-hybridized carbons (Fsp3) is 0.318. The van der Waals surface area contributed by atoms with E-state index in [1.165, 1.54) is 32.0 Å². The van der Waals surface area contributed by atoms with Crippen molar-refractivity contribution in [1.82, 2.24) is 4.98 Å². The molecule has 172 valence electrons. The lowest BCUT2D eigenvalue weighted by atomic mass is 9.74. The van der Waals surface area contributed by atoms with Gasteiger partial charge in [-0.1, -0.05) is 19.9 Å². The van der Waals surface area contributed by atoms with Crippen LogP contribution in [-0.2, 0) is 5.41 Å². The molecule has 1 heterocycles. The summed E-state index contributed by atoms with van der Waals surface area (Å²) in [4.78, 5) is 14.1. The minimum Gasteiger partial charge on any atom is -0.508 e. The number of aromatic amines is 1. The molecule has 0 radical (unpaired) electrons. The number of halogens is 4. The van der Waals surface area contributed by atoms with Gasteiger partial charge in [0.05, 0.1) is 6.54 Å². The van der Waals surface area contributed by atoms with Crippen LogP contribution in [0.2, 0.25) is 0 Å². The van der Waals surface area contributed by atoms with E-state index in [0.29, 0.717) is 10.9 Å². The number of primary amides is 1. The van der Waals surface area contributed by atoms with Gasteiger partial charge in [0.1, 0.15) is 17.4 Å². The Hall–Kier alpha value is -3.27. The lowest BCUT2D eigenvalue weighted by Gasteiger charge is -2.38. The Morgan fingerprint density at radius 3 is 2.44 bits per heavy atom. The summed E-state index contributed by atoms with van der Waals surface area (Å²) in [6, 6.07) is 9.07. The van der Waals surface area contributed by atoms with Crippen molar-refractivity contribution in [3.05, 3.63) is 59.4 Å². The summed E-state index contributed by atoms with van der Waals surface area (Å²) in [5.74, 6) is -1.54. The number of fused-ring (bicyclic) bond motifs is 1. The number of carbonyl (C=O) groups excluding carboxylic acids is 1. The molecule has 6 N–H and O–H groups in total. The second-order valence-electron chi connectivity index (χ2n) is 8.45. The normalized spacial score (nSPS) is 14.3. The van der Waals surface area contributed by atoms with Crippen LogP contribution in [-0.4, -0.2) is 39.4 Å². The lowest BCUT2D eigenvalue weighted by Crippen LogP contribution is -2.53. The molecule has 1 amide bonds. The van der Waals surface area contributed by atoms with E-state index in [1.54, 1.807) is 6.07 Å². The molecule has 6 nitrogen and oxygen atoms in total. The predicted molar refractivity (Wildman–Crippen MR) is 112 cm³/mol. The molecule has 32 heavy (non-hydrogen) atoms. The first kappa shape index (κ1) is 23.4. The Kier molecular flexibility index (Phi) is 5.86. The first-order valence-electron chi connectivity index (χ1n) is 9.66. The molecule has 0 fully saturated rings. The molecule has 0 saturated heterocycles. The zero-order valence-electron chi connectivity index (χ0n) is 17.3. The minimum atomic E-state index is -5.02. The number of benzene rings is 2. The molecule has 0 aliphatic rings. The third kappa shape index (κ3) is 4.64. The van der Waals surface area contributed by atoms with Crippen LogP contribution < -0.4 is 11.1 Å². The number of rotatable bonds is 7. The van der Waals surface area contributed by atoms with Crippen LogP contribution in [0.25, 0.3) is 10.9 Å². The van der Waals surface area contributed by atoms with Crippen LogP contribution >= 0.6 is 0 Å². The van der Waals surface area contributed by atoms with Crippen molar-refractivity contribution in [2.24, 2.45) is 5.73 Å². The quantitative estimate of drug-likeness (QED) is 0.346. The van der Waals surface area contributed by atoms with E-state index < -0.39 is 41.9 Å². The van der Waals surface area contributed by atoms with Crippen LogP contribution in [0.4, 0.5) is 23.4 Å². The average Bonchev–Trinajstić information content (AvgIpc) is 3.09. The standard InChI is InChI=1S/C22H23F4N3O3/c1-20(2,15-9-14(23)5-6-17(15)30)10-21(32,22(24,25)26)11-28-18-8-12-3-4-13(19(27)31)7-16(12)29-18/h3-9,28-30,32H,10-11H2,1-2H3,(H2,27,31). The van der Waals surface area contributed by atoms with Crippen molar-refractivity contribution in [1.29, 1.82) is 0 Å². The van der Waals surface area contributed by atoms with Crippen molar-refractivity contribution in [2.75, 3.05) is 11.9 Å². The van der Waals surface area contributed by atoms with Gasteiger partial charge in [0.2, 0.25) is 5.91 Å². The maximum absolute atomic E-state index is 13.9. The first-order valence-corrected chi connectivity index (χ1v) is 9.66.